The summed E-state index contributed by atoms with van der Waals surface area (Å²) in [7, 11) is 0. The number of carbonyl (C=O) groups is 1. The van der Waals surface area contributed by atoms with E-state index < -0.39 is 0 Å². The van der Waals surface area contributed by atoms with Crippen molar-refractivity contribution in [3.05, 3.63) is 42.0 Å². The molecular weight excluding hydrogens is 278 g/mol. The minimum atomic E-state index is 0.0161. The van der Waals surface area contributed by atoms with Gasteiger partial charge in [0.1, 0.15) is 12.1 Å². The van der Waals surface area contributed by atoms with Crippen molar-refractivity contribution in [2.45, 2.75) is 33.1 Å². The van der Waals surface area contributed by atoms with Gasteiger partial charge in [-0.15, -0.1) is 0 Å². The molecule has 0 bridgehead atoms. The van der Waals surface area contributed by atoms with E-state index in [1.54, 1.807) is 10.7 Å². The summed E-state index contributed by atoms with van der Waals surface area (Å²) in [6, 6.07) is 3.73. The standard InChI is InChI=1S/C16H19N5O/c1-11-8-12(2)21(20-11)15-9-14(17-10-18-15)19-16(22)13-6-4-3-5-7-13/h3-4,8-10,13H,5-7H2,1-2H3,(H,17,18,19,22)/t13-/m0/s1. The number of rotatable bonds is 3. The number of amides is 1. The van der Waals surface area contributed by atoms with E-state index in [0.29, 0.717) is 11.6 Å². The van der Waals surface area contributed by atoms with Crippen LogP contribution >= 0.6 is 0 Å². The lowest BCUT2D eigenvalue weighted by Gasteiger charge is -2.17. The maximum Gasteiger partial charge on any atom is 0.228 e. The van der Waals surface area contributed by atoms with Crippen LogP contribution in [0.1, 0.15) is 30.7 Å². The maximum atomic E-state index is 12.3. The molecule has 0 aliphatic heterocycles. The van der Waals surface area contributed by atoms with Crippen molar-refractivity contribution in [3.8, 4) is 5.82 Å². The Morgan fingerprint density at radius 1 is 1.27 bits per heavy atom. The Labute approximate surface area is 129 Å². The van der Waals surface area contributed by atoms with Crippen molar-refractivity contribution >= 4 is 11.7 Å². The third kappa shape index (κ3) is 3.05. The molecule has 0 spiro atoms. The van der Waals surface area contributed by atoms with Gasteiger partial charge in [0, 0.05) is 17.7 Å². The largest absolute Gasteiger partial charge is 0.310 e. The van der Waals surface area contributed by atoms with E-state index in [0.717, 1.165) is 30.7 Å². The molecule has 0 saturated heterocycles. The zero-order valence-electron chi connectivity index (χ0n) is 12.8. The summed E-state index contributed by atoms with van der Waals surface area (Å²) in [6.45, 7) is 3.90. The van der Waals surface area contributed by atoms with Gasteiger partial charge in [-0.3, -0.25) is 4.79 Å². The lowest BCUT2D eigenvalue weighted by atomic mass is 9.94. The first kappa shape index (κ1) is 14.4. The summed E-state index contributed by atoms with van der Waals surface area (Å²) < 4.78 is 1.75. The highest BCUT2D eigenvalue weighted by Crippen LogP contribution is 2.20. The van der Waals surface area contributed by atoms with Gasteiger partial charge in [-0.2, -0.15) is 5.10 Å². The number of allylic oxidation sites excluding steroid dienone is 2. The Morgan fingerprint density at radius 2 is 2.14 bits per heavy atom. The summed E-state index contributed by atoms with van der Waals surface area (Å²) in [6.07, 6.45) is 8.27. The second kappa shape index (κ2) is 6.09. The zero-order valence-corrected chi connectivity index (χ0v) is 12.8. The quantitative estimate of drug-likeness (QED) is 0.884. The van der Waals surface area contributed by atoms with Gasteiger partial charge in [-0.25, -0.2) is 14.6 Å². The number of aryl methyl sites for hydroxylation is 2. The zero-order chi connectivity index (χ0) is 15.5. The summed E-state index contributed by atoms with van der Waals surface area (Å²) in [5.74, 6) is 1.20. The van der Waals surface area contributed by atoms with Crippen molar-refractivity contribution in [2.75, 3.05) is 5.32 Å². The van der Waals surface area contributed by atoms with Crippen molar-refractivity contribution in [3.63, 3.8) is 0 Å². The average molecular weight is 297 g/mol. The summed E-state index contributed by atoms with van der Waals surface area (Å²) >= 11 is 0. The van der Waals surface area contributed by atoms with Crippen molar-refractivity contribution < 1.29 is 4.79 Å². The van der Waals surface area contributed by atoms with Crippen molar-refractivity contribution in [1.29, 1.82) is 0 Å². The summed E-state index contributed by atoms with van der Waals surface area (Å²) in [4.78, 5) is 20.6. The second-order valence-corrected chi connectivity index (χ2v) is 5.57. The van der Waals surface area contributed by atoms with E-state index in [1.165, 1.54) is 6.33 Å². The Kier molecular flexibility index (Phi) is 4.00. The fourth-order valence-electron chi connectivity index (χ4n) is 2.65. The van der Waals surface area contributed by atoms with Gasteiger partial charge in [0.25, 0.3) is 0 Å². The molecule has 1 atom stereocenters. The average Bonchev–Trinajstić information content (AvgIpc) is 2.87. The molecule has 0 fully saturated rings. The van der Waals surface area contributed by atoms with Crippen LogP contribution in [-0.4, -0.2) is 25.7 Å². The molecule has 3 rings (SSSR count). The Morgan fingerprint density at radius 3 is 2.82 bits per heavy atom. The molecular formula is C16H19N5O. The molecule has 0 aromatic carbocycles. The van der Waals surface area contributed by atoms with Crippen LogP contribution in [0.25, 0.3) is 5.82 Å². The molecule has 22 heavy (non-hydrogen) atoms. The molecule has 2 aromatic heterocycles. The van der Waals surface area contributed by atoms with E-state index >= 15 is 0 Å². The number of carbonyl (C=O) groups excluding carboxylic acids is 1. The molecule has 1 aliphatic rings. The van der Waals surface area contributed by atoms with Gasteiger partial charge in [0.15, 0.2) is 5.82 Å². The van der Waals surface area contributed by atoms with Crippen LogP contribution in [0.4, 0.5) is 5.82 Å². The molecule has 1 amide bonds. The fraction of sp³-hybridized carbons (Fsp3) is 0.375. The number of nitrogens with one attached hydrogen (secondary N) is 1. The molecule has 114 valence electrons. The predicted molar refractivity (Wildman–Crippen MR) is 83.7 cm³/mol. The van der Waals surface area contributed by atoms with E-state index in [9.17, 15) is 4.79 Å². The van der Waals surface area contributed by atoms with Crippen LogP contribution in [-0.2, 0) is 4.79 Å². The Balaban J connectivity index is 1.78. The smallest absolute Gasteiger partial charge is 0.228 e. The van der Waals surface area contributed by atoms with Gasteiger partial charge in [0.2, 0.25) is 5.91 Å². The summed E-state index contributed by atoms with van der Waals surface area (Å²) in [5, 5.41) is 7.28. The maximum absolute atomic E-state index is 12.3. The minimum Gasteiger partial charge on any atom is -0.310 e. The van der Waals surface area contributed by atoms with Crippen LogP contribution in [0.2, 0.25) is 0 Å². The third-order valence-electron chi connectivity index (χ3n) is 3.77. The normalized spacial score (nSPS) is 17.5. The van der Waals surface area contributed by atoms with E-state index in [-0.39, 0.29) is 11.8 Å². The van der Waals surface area contributed by atoms with Crippen LogP contribution in [0, 0.1) is 19.8 Å². The topological polar surface area (TPSA) is 72.7 Å². The van der Waals surface area contributed by atoms with Gasteiger partial charge in [-0.05, 0) is 39.2 Å². The predicted octanol–water partition coefficient (Wildman–Crippen LogP) is 2.57. The van der Waals surface area contributed by atoms with E-state index in [4.69, 9.17) is 0 Å². The van der Waals surface area contributed by atoms with Crippen molar-refractivity contribution in [1.82, 2.24) is 19.7 Å². The molecule has 0 unspecified atom stereocenters. The fourth-order valence-corrected chi connectivity index (χ4v) is 2.65. The van der Waals surface area contributed by atoms with Crippen LogP contribution in [0.3, 0.4) is 0 Å². The molecule has 6 nitrogen and oxygen atoms in total. The molecule has 0 saturated carbocycles. The van der Waals surface area contributed by atoms with E-state index in [1.807, 2.05) is 19.9 Å². The Hall–Kier alpha value is -2.50. The number of hydrogen-bond donors (Lipinski definition) is 1. The van der Waals surface area contributed by atoms with Gasteiger partial charge < -0.3 is 5.32 Å². The van der Waals surface area contributed by atoms with Crippen LogP contribution in [0.15, 0.2) is 30.6 Å². The number of anilines is 1. The monoisotopic (exact) mass is 297 g/mol. The number of hydrogen-bond acceptors (Lipinski definition) is 4. The molecule has 2 aromatic rings. The molecule has 0 radical (unpaired) electrons. The van der Waals surface area contributed by atoms with Crippen LogP contribution in [0.5, 0.6) is 0 Å². The van der Waals surface area contributed by atoms with Gasteiger partial charge in [0.05, 0.1) is 5.69 Å². The highest BCUT2D eigenvalue weighted by molar-refractivity contribution is 5.92. The molecule has 1 N–H and O–H groups in total. The highest BCUT2D eigenvalue weighted by Gasteiger charge is 2.19. The summed E-state index contributed by atoms with van der Waals surface area (Å²) in [5.41, 5.74) is 1.92. The highest BCUT2D eigenvalue weighted by atomic mass is 16.1. The number of aromatic nitrogens is 4. The van der Waals surface area contributed by atoms with Crippen molar-refractivity contribution in [2.24, 2.45) is 5.92 Å². The minimum absolute atomic E-state index is 0.0161. The first-order valence-corrected chi connectivity index (χ1v) is 7.45. The Bertz CT molecular complexity index is 719. The molecule has 1 aliphatic carbocycles. The van der Waals surface area contributed by atoms with E-state index in [2.05, 4.69) is 32.5 Å². The van der Waals surface area contributed by atoms with Gasteiger partial charge in [-0.1, -0.05) is 12.2 Å². The lowest BCUT2D eigenvalue weighted by Crippen LogP contribution is -2.24. The lowest BCUT2D eigenvalue weighted by molar-refractivity contribution is -0.120. The first-order valence-electron chi connectivity index (χ1n) is 7.45. The SMILES string of the molecule is Cc1cc(C)n(-c2cc(NC(=O)[C@H]3CC=CCC3)ncn2)n1. The molecule has 2 heterocycles. The second-order valence-electron chi connectivity index (χ2n) is 5.57. The third-order valence-corrected chi connectivity index (χ3v) is 3.77. The number of nitrogens with zero attached hydrogens (tertiary/aromatic N) is 4. The van der Waals surface area contributed by atoms with Gasteiger partial charge >= 0.3 is 0 Å². The molecule has 6 heteroatoms. The van der Waals surface area contributed by atoms with Crippen LogP contribution < -0.4 is 5.32 Å². The first-order chi connectivity index (χ1) is 10.6.